The van der Waals surface area contributed by atoms with Gasteiger partial charge in [-0.3, -0.25) is 14.5 Å². The van der Waals surface area contributed by atoms with E-state index in [2.05, 4.69) is 30.0 Å². The van der Waals surface area contributed by atoms with E-state index in [0.29, 0.717) is 44.2 Å². The lowest BCUT2D eigenvalue weighted by Crippen LogP contribution is -2.48. The fourth-order valence-corrected chi connectivity index (χ4v) is 5.31. The predicted molar refractivity (Wildman–Crippen MR) is 154 cm³/mol. The van der Waals surface area contributed by atoms with Crippen molar-refractivity contribution in [3.05, 3.63) is 82.5 Å². The lowest BCUT2D eigenvalue weighted by molar-refractivity contribution is 0.168. The molecule has 13 heteroatoms. The minimum Gasteiger partial charge on any atom is -0.391 e. The third-order valence-electron chi connectivity index (χ3n) is 7.46. The van der Waals surface area contributed by atoms with Crippen LogP contribution in [-0.2, 0) is 6.54 Å². The van der Waals surface area contributed by atoms with Gasteiger partial charge in [0, 0.05) is 66.8 Å². The molecule has 0 saturated carbocycles. The van der Waals surface area contributed by atoms with Gasteiger partial charge in [0.1, 0.15) is 25.5 Å². The van der Waals surface area contributed by atoms with E-state index in [1.165, 1.54) is 18.5 Å². The number of aromatic amines is 1. The third-order valence-corrected chi connectivity index (χ3v) is 7.46. The Labute approximate surface area is 236 Å². The summed E-state index contributed by atoms with van der Waals surface area (Å²) in [6.45, 7) is 6.50. The van der Waals surface area contributed by atoms with Crippen LogP contribution in [-0.4, -0.2) is 79.6 Å². The number of aromatic nitrogens is 7. The standard InChI is InChI=1S/C28H29BFN9O2/c1-17(40)13-38-14-21(12-32-38)20-11-23-26(31-16-33-39(23)15-20)36-7-9-37(10-8-36)28-34-25(29)24(27(41)35-28)18(2)19-3-5-22(30)6-4-19/h3-6,11-12,14-18,40H,7-10,13H2,1-2H3,(H,34,35,41)/t17-,18?/m1/s1. The van der Waals surface area contributed by atoms with E-state index in [-0.39, 0.29) is 22.9 Å². The lowest BCUT2D eigenvalue weighted by atomic mass is 9.86. The summed E-state index contributed by atoms with van der Waals surface area (Å²) < 4.78 is 16.9. The van der Waals surface area contributed by atoms with Gasteiger partial charge in [-0.05, 0) is 30.7 Å². The molecule has 0 aliphatic carbocycles. The number of fused-ring (bicyclic) bond motifs is 1. The average Bonchev–Trinajstić information content (AvgIpc) is 3.60. The van der Waals surface area contributed by atoms with Crippen molar-refractivity contribution in [3.63, 3.8) is 0 Å². The van der Waals surface area contributed by atoms with Gasteiger partial charge in [0.25, 0.3) is 5.56 Å². The van der Waals surface area contributed by atoms with E-state index in [4.69, 9.17) is 7.85 Å². The van der Waals surface area contributed by atoms with E-state index in [1.54, 1.807) is 34.5 Å². The highest BCUT2D eigenvalue weighted by atomic mass is 19.1. The first-order valence-electron chi connectivity index (χ1n) is 13.5. The van der Waals surface area contributed by atoms with Crippen molar-refractivity contribution in [1.82, 2.24) is 34.3 Å². The Hall–Kier alpha value is -4.52. The second kappa shape index (κ2) is 10.8. The molecule has 2 N–H and O–H groups in total. The highest BCUT2D eigenvalue weighted by molar-refractivity contribution is 6.31. The number of H-pyrrole nitrogens is 1. The molecule has 208 valence electrons. The van der Waals surface area contributed by atoms with Crippen LogP contribution in [0, 0.1) is 5.82 Å². The Kier molecular flexibility index (Phi) is 7.04. The van der Waals surface area contributed by atoms with Crippen molar-refractivity contribution in [2.24, 2.45) is 0 Å². The number of hydrogen-bond acceptors (Lipinski definition) is 8. The van der Waals surface area contributed by atoms with E-state index in [9.17, 15) is 14.3 Å². The Morgan fingerprint density at radius 3 is 2.49 bits per heavy atom. The largest absolute Gasteiger partial charge is 0.391 e. The van der Waals surface area contributed by atoms with Gasteiger partial charge < -0.3 is 14.9 Å². The molecule has 0 amide bonds. The zero-order valence-corrected chi connectivity index (χ0v) is 22.8. The molecule has 1 saturated heterocycles. The molecule has 5 heterocycles. The van der Waals surface area contributed by atoms with E-state index in [0.717, 1.165) is 28.0 Å². The van der Waals surface area contributed by atoms with Crippen LogP contribution in [0.15, 0.2) is 60.0 Å². The van der Waals surface area contributed by atoms with Gasteiger partial charge in [0.2, 0.25) is 5.95 Å². The molecule has 1 fully saturated rings. The number of nitrogens with zero attached hydrogens (tertiary/aromatic N) is 8. The summed E-state index contributed by atoms with van der Waals surface area (Å²) in [4.78, 5) is 29.3. The summed E-state index contributed by atoms with van der Waals surface area (Å²) in [5.41, 5.74) is 3.76. The number of anilines is 2. The van der Waals surface area contributed by atoms with Crippen molar-refractivity contribution in [1.29, 1.82) is 0 Å². The zero-order valence-electron chi connectivity index (χ0n) is 22.8. The SMILES string of the molecule is [B]c1nc(N2CCN(c3ncnn4cc(-c5cnn(C[C@@H](C)O)c5)cc34)CC2)[nH]c(=O)c1C(C)c1ccc(F)cc1. The van der Waals surface area contributed by atoms with Crippen LogP contribution in [0.25, 0.3) is 16.6 Å². The number of aliphatic hydroxyl groups is 1. The zero-order chi connectivity index (χ0) is 28.7. The van der Waals surface area contributed by atoms with Crippen LogP contribution >= 0.6 is 0 Å². The number of aliphatic hydroxyl groups excluding tert-OH is 1. The monoisotopic (exact) mass is 553 g/mol. The second-order valence-electron chi connectivity index (χ2n) is 10.4. The molecule has 1 aliphatic heterocycles. The second-order valence-corrected chi connectivity index (χ2v) is 10.4. The van der Waals surface area contributed by atoms with Crippen molar-refractivity contribution < 1.29 is 9.50 Å². The summed E-state index contributed by atoms with van der Waals surface area (Å²) in [5, 5.41) is 18.4. The number of halogens is 1. The molecule has 4 aromatic heterocycles. The van der Waals surface area contributed by atoms with Gasteiger partial charge in [-0.15, -0.1) is 0 Å². The molecular formula is C28H29BFN9O2. The number of rotatable bonds is 7. The topological polar surface area (TPSA) is 120 Å². The van der Waals surface area contributed by atoms with Crippen LogP contribution < -0.4 is 21.0 Å². The maximum Gasteiger partial charge on any atom is 0.255 e. The third kappa shape index (κ3) is 5.32. The fraction of sp³-hybridized carbons (Fsp3) is 0.321. The molecule has 11 nitrogen and oxygen atoms in total. The molecular weight excluding hydrogens is 524 g/mol. The minimum absolute atomic E-state index is 0.165. The van der Waals surface area contributed by atoms with Crippen molar-refractivity contribution in [2.75, 3.05) is 36.0 Å². The van der Waals surface area contributed by atoms with Crippen molar-refractivity contribution in [2.45, 2.75) is 32.4 Å². The minimum atomic E-state index is -0.487. The average molecular weight is 553 g/mol. The van der Waals surface area contributed by atoms with Gasteiger partial charge >= 0.3 is 0 Å². The molecule has 2 radical (unpaired) electrons. The van der Waals surface area contributed by atoms with Crippen molar-refractivity contribution in [3.8, 4) is 11.1 Å². The first-order chi connectivity index (χ1) is 19.8. The van der Waals surface area contributed by atoms with Crippen LogP contribution in [0.5, 0.6) is 0 Å². The Bertz CT molecular complexity index is 1740. The smallest absolute Gasteiger partial charge is 0.255 e. The Morgan fingerprint density at radius 2 is 1.78 bits per heavy atom. The Morgan fingerprint density at radius 1 is 1.05 bits per heavy atom. The number of hydrogen-bond donors (Lipinski definition) is 2. The molecule has 2 atom stereocenters. The van der Waals surface area contributed by atoms with E-state index >= 15 is 0 Å². The summed E-state index contributed by atoms with van der Waals surface area (Å²) in [6.07, 6.45) is 6.66. The lowest BCUT2D eigenvalue weighted by Gasteiger charge is -2.36. The summed E-state index contributed by atoms with van der Waals surface area (Å²) in [6, 6.07) is 8.06. The molecule has 1 unspecified atom stereocenters. The highest BCUT2D eigenvalue weighted by Gasteiger charge is 2.24. The summed E-state index contributed by atoms with van der Waals surface area (Å²) in [7, 11) is 6.27. The predicted octanol–water partition coefficient (Wildman–Crippen LogP) is 1.47. The van der Waals surface area contributed by atoms with Crippen molar-refractivity contribution >= 4 is 30.7 Å². The summed E-state index contributed by atoms with van der Waals surface area (Å²) >= 11 is 0. The first kappa shape index (κ1) is 26.7. The van der Waals surface area contributed by atoms with Crippen LogP contribution in [0.1, 0.15) is 30.9 Å². The fourth-order valence-electron chi connectivity index (χ4n) is 5.31. The molecule has 1 aliphatic rings. The van der Waals surface area contributed by atoms with Crippen LogP contribution in [0.3, 0.4) is 0 Å². The quantitative estimate of drug-likeness (QED) is 0.291. The number of benzene rings is 1. The molecule has 6 rings (SSSR count). The van der Waals surface area contributed by atoms with E-state index < -0.39 is 6.10 Å². The number of nitrogens with one attached hydrogen (secondary N) is 1. The molecule has 0 spiro atoms. The van der Waals surface area contributed by atoms with Gasteiger partial charge in [0.05, 0.1) is 18.8 Å². The van der Waals surface area contributed by atoms with Crippen LogP contribution in [0.2, 0.25) is 0 Å². The maximum absolute atomic E-state index is 13.4. The highest BCUT2D eigenvalue weighted by Crippen LogP contribution is 2.28. The molecule has 0 bridgehead atoms. The number of piperazine rings is 1. The van der Waals surface area contributed by atoms with Gasteiger partial charge in [-0.1, -0.05) is 19.1 Å². The maximum atomic E-state index is 13.4. The van der Waals surface area contributed by atoms with E-state index in [1.807, 2.05) is 30.3 Å². The summed E-state index contributed by atoms with van der Waals surface area (Å²) in [5.74, 6) is 0.565. The van der Waals surface area contributed by atoms with Crippen LogP contribution in [0.4, 0.5) is 16.2 Å². The van der Waals surface area contributed by atoms with Gasteiger partial charge in [0.15, 0.2) is 5.82 Å². The van der Waals surface area contributed by atoms with Gasteiger partial charge in [-0.2, -0.15) is 10.2 Å². The molecule has 5 aromatic rings. The van der Waals surface area contributed by atoms with Gasteiger partial charge in [-0.25, -0.2) is 18.9 Å². The Balaban J connectivity index is 1.18. The molecule has 41 heavy (non-hydrogen) atoms. The normalized spacial score (nSPS) is 15.4. The first-order valence-corrected chi connectivity index (χ1v) is 13.5. The molecule has 1 aromatic carbocycles.